The highest BCUT2D eigenvalue weighted by molar-refractivity contribution is 7.09. The van der Waals surface area contributed by atoms with Crippen molar-refractivity contribution in [1.82, 2.24) is 10.3 Å². The maximum atomic E-state index is 11.0. The molecule has 1 heterocycles. The van der Waals surface area contributed by atoms with Crippen molar-refractivity contribution in [2.24, 2.45) is 0 Å². The van der Waals surface area contributed by atoms with E-state index in [1.54, 1.807) is 11.3 Å². The van der Waals surface area contributed by atoms with E-state index >= 15 is 0 Å². The van der Waals surface area contributed by atoms with Crippen LogP contribution in [0.3, 0.4) is 0 Å². The summed E-state index contributed by atoms with van der Waals surface area (Å²) in [5.41, 5.74) is 3.33. The second-order valence-corrected chi connectivity index (χ2v) is 7.56. The summed E-state index contributed by atoms with van der Waals surface area (Å²) in [5.74, 6) is -0.0442. The Morgan fingerprint density at radius 1 is 1.22 bits per heavy atom. The summed E-state index contributed by atoms with van der Waals surface area (Å²) in [6, 6.07) is 7.97. The molecule has 0 spiro atoms. The number of nitrogens with zero attached hydrogens (tertiary/aromatic N) is 1. The SMILES string of the molecule is CC(=O)Nc1ccc(CCNCc2csc(C(C)(C)C)n2)cc1. The van der Waals surface area contributed by atoms with Crippen LogP contribution in [-0.4, -0.2) is 17.4 Å². The van der Waals surface area contributed by atoms with Gasteiger partial charge >= 0.3 is 0 Å². The number of benzene rings is 1. The Kier molecular flexibility index (Phi) is 5.91. The molecule has 124 valence electrons. The molecule has 2 N–H and O–H groups in total. The molecule has 0 fully saturated rings. The lowest BCUT2D eigenvalue weighted by Gasteiger charge is -2.13. The Morgan fingerprint density at radius 2 is 1.91 bits per heavy atom. The van der Waals surface area contributed by atoms with Crippen molar-refractivity contribution in [3.8, 4) is 0 Å². The number of carbonyl (C=O) groups excluding carboxylic acids is 1. The normalized spacial score (nSPS) is 11.5. The number of aromatic nitrogens is 1. The predicted octanol–water partition coefficient (Wildman–Crippen LogP) is 3.73. The number of carbonyl (C=O) groups is 1. The first-order chi connectivity index (χ1) is 10.8. The van der Waals surface area contributed by atoms with Crippen LogP contribution in [0.4, 0.5) is 5.69 Å². The smallest absolute Gasteiger partial charge is 0.221 e. The van der Waals surface area contributed by atoms with Crippen LogP contribution in [0, 0.1) is 0 Å². The number of amides is 1. The lowest BCUT2D eigenvalue weighted by atomic mass is 9.98. The number of hydrogen-bond acceptors (Lipinski definition) is 4. The second-order valence-electron chi connectivity index (χ2n) is 6.70. The molecule has 0 aliphatic rings. The Balaban J connectivity index is 1.75. The largest absolute Gasteiger partial charge is 0.326 e. The van der Waals surface area contributed by atoms with Crippen molar-refractivity contribution < 1.29 is 4.79 Å². The highest BCUT2D eigenvalue weighted by Crippen LogP contribution is 2.25. The van der Waals surface area contributed by atoms with Gasteiger partial charge in [0.2, 0.25) is 5.91 Å². The van der Waals surface area contributed by atoms with E-state index in [1.807, 2.05) is 24.3 Å². The summed E-state index contributed by atoms with van der Waals surface area (Å²) in [5, 5.41) is 9.53. The summed E-state index contributed by atoms with van der Waals surface area (Å²) >= 11 is 1.73. The van der Waals surface area contributed by atoms with Crippen molar-refractivity contribution in [1.29, 1.82) is 0 Å². The Bertz CT molecular complexity index is 641. The third-order valence-corrected chi connectivity index (χ3v) is 4.68. The van der Waals surface area contributed by atoms with Crippen LogP contribution < -0.4 is 10.6 Å². The van der Waals surface area contributed by atoms with Crippen LogP contribution in [0.5, 0.6) is 0 Å². The van der Waals surface area contributed by atoms with Crippen molar-refractivity contribution >= 4 is 22.9 Å². The van der Waals surface area contributed by atoms with Gasteiger partial charge in [-0.1, -0.05) is 32.9 Å². The average molecular weight is 331 g/mol. The van der Waals surface area contributed by atoms with E-state index in [0.717, 1.165) is 30.9 Å². The third-order valence-electron chi connectivity index (χ3n) is 3.36. The van der Waals surface area contributed by atoms with Crippen LogP contribution >= 0.6 is 11.3 Å². The summed E-state index contributed by atoms with van der Waals surface area (Å²) in [4.78, 5) is 15.7. The third kappa shape index (κ3) is 5.77. The van der Waals surface area contributed by atoms with Gasteiger partial charge in [-0.3, -0.25) is 4.79 Å². The molecule has 1 aromatic carbocycles. The molecule has 0 aliphatic carbocycles. The van der Waals surface area contributed by atoms with Crippen LogP contribution in [0.1, 0.15) is 44.0 Å². The summed E-state index contributed by atoms with van der Waals surface area (Å²) in [7, 11) is 0. The monoisotopic (exact) mass is 331 g/mol. The second kappa shape index (κ2) is 7.70. The lowest BCUT2D eigenvalue weighted by molar-refractivity contribution is -0.114. The minimum Gasteiger partial charge on any atom is -0.326 e. The number of hydrogen-bond donors (Lipinski definition) is 2. The van der Waals surface area contributed by atoms with Gasteiger partial charge in [0.25, 0.3) is 0 Å². The molecule has 23 heavy (non-hydrogen) atoms. The van der Waals surface area contributed by atoms with Gasteiger partial charge < -0.3 is 10.6 Å². The van der Waals surface area contributed by atoms with E-state index in [9.17, 15) is 4.79 Å². The molecule has 1 amide bonds. The van der Waals surface area contributed by atoms with Crippen LogP contribution in [0.2, 0.25) is 0 Å². The molecule has 0 unspecified atom stereocenters. The Hall–Kier alpha value is -1.72. The maximum absolute atomic E-state index is 11.0. The Morgan fingerprint density at radius 3 is 2.48 bits per heavy atom. The summed E-state index contributed by atoms with van der Waals surface area (Å²) in [6.45, 7) is 9.79. The maximum Gasteiger partial charge on any atom is 0.221 e. The van der Waals surface area contributed by atoms with E-state index in [1.165, 1.54) is 17.5 Å². The quantitative estimate of drug-likeness (QED) is 0.793. The van der Waals surface area contributed by atoms with Crippen molar-refractivity contribution in [3.05, 3.63) is 45.9 Å². The van der Waals surface area contributed by atoms with Crippen LogP contribution in [0.25, 0.3) is 0 Å². The van der Waals surface area contributed by atoms with E-state index in [-0.39, 0.29) is 11.3 Å². The number of rotatable bonds is 6. The van der Waals surface area contributed by atoms with Crippen LogP contribution in [-0.2, 0) is 23.2 Å². The molecule has 0 bridgehead atoms. The van der Waals surface area contributed by atoms with E-state index in [4.69, 9.17) is 0 Å². The topological polar surface area (TPSA) is 54.0 Å². The zero-order valence-electron chi connectivity index (χ0n) is 14.3. The van der Waals surface area contributed by atoms with Gasteiger partial charge in [-0.2, -0.15) is 0 Å². The first-order valence-electron chi connectivity index (χ1n) is 7.87. The molecule has 0 saturated carbocycles. The summed E-state index contributed by atoms with van der Waals surface area (Å²) in [6.07, 6.45) is 0.955. The fourth-order valence-electron chi connectivity index (χ4n) is 2.14. The molecule has 0 saturated heterocycles. The summed E-state index contributed by atoms with van der Waals surface area (Å²) < 4.78 is 0. The molecule has 4 nitrogen and oxygen atoms in total. The molecule has 2 rings (SSSR count). The zero-order valence-corrected chi connectivity index (χ0v) is 15.1. The highest BCUT2D eigenvalue weighted by Gasteiger charge is 2.17. The first-order valence-corrected chi connectivity index (χ1v) is 8.75. The van der Waals surface area contributed by atoms with Gasteiger partial charge in [0.1, 0.15) is 0 Å². The average Bonchev–Trinajstić information content (AvgIpc) is 2.94. The van der Waals surface area contributed by atoms with Gasteiger partial charge in [-0.25, -0.2) is 4.98 Å². The number of thiazole rings is 1. The van der Waals surface area contributed by atoms with Gasteiger partial charge in [-0.05, 0) is 30.7 Å². The van der Waals surface area contributed by atoms with E-state index in [0.29, 0.717) is 0 Å². The molecule has 1 aromatic heterocycles. The van der Waals surface area contributed by atoms with E-state index < -0.39 is 0 Å². The van der Waals surface area contributed by atoms with Crippen molar-refractivity contribution in [2.45, 2.75) is 46.1 Å². The zero-order chi connectivity index (χ0) is 16.9. The minimum atomic E-state index is -0.0442. The molecule has 0 aliphatic heterocycles. The predicted molar refractivity (Wildman–Crippen MR) is 97.0 cm³/mol. The fraction of sp³-hybridized carbons (Fsp3) is 0.444. The molecule has 2 aromatic rings. The molecule has 0 radical (unpaired) electrons. The van der Waals surface area contributed by atoms with E-state index in [2.05, 4.69) is 41.8 Å². The number of nitrogens with one attached hydrogen (secondary N) is 2. The van der Waals surface area contributed by atoms with Gasteiger partial charge in [-0.15, -0.1) is 11.3 Å². The fourth-order valence-corrected chi connectivity index (χ4v) is 3.05. The van der Waals surface area contributed by atoms with Gasteiger partial charge in [0.05, 0.1) is 10.7 Å². The Labute approximate surface area is 142 Å². The molecule has 5 heteroatoms. The highest BCUT2D eigenvalue weighted by atomic mass is 32.1. The molecular formula is C18H25N3OS. The standard InChI is InChI=1S/C18H25N3OS/c1-13(22)20-15-7-5-14(6-8-15)9-10-19-11-16-12-23-17(21-16)18(2,3)4/h5-8,12,19H,9-11H2,1-4H3,(H,20,22). The number of anilines is 1. The van der Waals surface area contributed by atoms with Crippen LogP contribution in [0.15, 0.2) is 29.6 Å². The first kappa shape index (κ1) is 17.6. The molecular weight excluding hydrogens is 306 g/mol. The van der Waals surface area contributed by atoms with Gasteiger partial charge in [0, 0.05) is 30.0 Å². The lowest BCUT2D eigenvalue weighted by Crippen LogP contribution is -2.17. The molecule has 0 atom stereocenters. The van der Waals surface area contributed by atoms with Crippen molar-refractivity contribution in [2.75, 3.05) is 11.9 Å². The van der Waals surface area contributed by atoms with Gasteiger partial charge in [0.15, 0.2) is 0 Å². The minimum absolute atomic E-state index is 0.0442. The van der Waals surface area contributed by atoms with Crippen molar-refractivity contribution in [3.63, 3.8) is 0 Å².